The number of piperidine rings is 1. The molecule has 1 N–H and O–H groups in total. The number of anilines is 1. The third-order valence-electron chi connectivity index (χ3n) is 4.61. The molecule has 0 unspecified atom stereocenters. The molecule has 1 heterocycles. The number of nitrogens with one attached hydrogen (secondary N) is 1. The van der Waals surface area contributed by atoms with Gasteiger partial charge >= 0.3 is 5.97 Å². The maximum absolute atomic E-state index is 12.7. The number of carbonyl (C=O) groups excluding carboxylic acids is 2. The van der Waals surface area contributed by atoms with Crippen LogP contribution in [0.15, 0.2) is 53.4 Å². The Kier molecular flexibility index (Phi) is 6.11. The van der Waals surface area contributed by atoms with Crippen LogP contribution >= 0.6 is 0 Å². The molecule has 7 nitrogen and oxygen atoms in total. The van der Waals surface area contributed by atoms with Crippen molar-refractivity contribution in [1.82, 2.24) is 4.31 Å². The number of nitrogens with zero attached hydrogens (tertiary/aromatic N) is 1. The average Bonchev–Trinajstić information content (AvgIpc) is 2.74. The van der Waals surface area contributed by atoms with Gasteiger partial charge in [-0.25, -0.2) is 13.2 Å². The van der Waals surface area contributed by atoms with Crippen molar-refractivity contribution in [2.45, 2.75) is 24.2 Å². The van der Waals surface area contributed by atoms with Gasteiger partial charge in [-0.05, 0) is 55.3 Å². The molecule has 148 valence electrons. The summed E-state index contributed by atoms with van der Waals surface area (Å²) in [5.74, 6) is -0.896. The summed E-state index contributed by atoms with van der Waals surface area (Å²) in [6.07, 6.45) is 2.77. The average molecular weight is 402 g/mol. The van der Waals surface area contributed by atoms with E-state index in [4.69, 9.17) is 0 Å². The lowest BCUT2D eigenvalue weighted by Gasteiger charge is -2.25. The second-order valence-electron chi connectivity index (χ2n) is 6.52. The zero-order valence-electron chi connectivity index (χ0n) is 15.6. The van der Waals surface area contributed by atoms with Gasteiger partial charge in [0, 0.05) is 24.3 Å². The topological polar surface area (TPSA) is 92.8 Å². The van der Waals surface area contributed by atoms with E-state index in [2.05, 4.69) is 10.1 Å². The molecule has 1 amide bonds. The summed E-state index contributed by atoms with van der Waals surface area (Å²) in [6, 6.07) is 12.2. The van der Waals surface area contributed by atoms with Crippen molar-refractivity contribution in [2.75, 3.05) is 25.5 Å². The Morgan fingerprint density at radius 1 is 0.964 bits per heavy atom. The molecule has 0 saturated carbocycles. The van der Waals surface area contributed by atoms with Gasteiger partial charge in [0.1, 0.15) is 0 Å². The van der Waals surface area contributed by atoms with Crippen LogP contribution in [0, 0.1) is 0 Å². The number of amides is 1. The number of hydrogen-bond acceptors (Lipinski definition) is 5. The van der Waals surface area contributed by atoms with E-state index >= 15 is 0 Å². The molecule has 0 radical (unpaired) electrons. The highest BCUT2D eigenvalue weighted by molar-refractivity contribution is 7.89. The van der Waals surface area contributed by atoms with Gasteiger partial charge in [-0.2, -0.15) is 4.31 Å². The summed E-state index contributed by atoms with van der Waals surface area (Å²) in [5, 5.41) is 2.69. The maximum Gasteiger partial charge on any atom is 0.337 e. The Labute approximate surface area is 164 Å². The number of ether oxygens (including phenoxy) is 1. The van der Waals surface area contributed by atoms with Crippen LogP contribution in [0.4, 0.5) is 5.69 Å². The zero-order chi connectivity index (χ0) is 20.1. The van der Waals surface area contributed by atoms with Gasteiger partial charge in [-0.3, -0.25) is 4.79 Å². The Morgan fingerprint density at radius 3 is 2.29 bits per heavy atom. The fraction of sp³-hybridized carbons (Fsp3) is 0.300. The van der Waals surface area contributed by atoms with Crippen LogP contribution in [0.25, 0.3) is 0 Å². The summed E-state index contributed by atoms with van der Waals surface area (Å²) in [4.78, 5) is 24.2. The second kappa shape index (κ2) is 8.53. The molecule has 0 atom stereocenters. The number of rotatable bonds is 5. The number of benzene rings is 2. The van der Waals surface area contributed by atoms with Crippen LogP contribution in [-0.2, 0) is 14.8 Å². The molecule has 0 aromatic heterocycles. The lowest BCUT2D eigenvalue weighted by Crippen LogP contribution is -2.35. The van der Waals surface area contributed by atoms with Gasteiger partial charge in [0.25, 0.3) is 5.91 Å². The van der Waals surface area contributed by atoms with Crippen molar-refractivity contribution in [3.8, 4) is 0 Å². The van der Waals surface area contributed by atoms with Crippen LogP contribution in [0.1, 0.15) is 40.0 Å². The van der Waals surface area contributed by atoms with Crippen LogP contribution in [0.2, 0.25) is 0 Å². The summed E-state index contributed by atoms with van der Waals surface area (Å²) < 4.78 is 31.5. The van der Waals surface area contributed by atoms with Crippen molar-refractivity contribution in [3.05, 3.63) is 59.7 Å². The van der Waals surface area contributed by atoms with E-state index in [1.165, 1.54) is 41.7 Å². The molecular weight excluding hydrogens is 380 g/mol. The van der Waals surface area contributed by atoms with Crippen LogP contribution < -0.4 is 5.32 Å². The van der Waals surface area contributed by atoms with Gasteiger partial charge in [0.2, 0.25) is 10.0 Å². The molecule has 1 aliphatic heterocycles. The Morgan fingerprint density at radius 2 is 1.64 bits per heavy atom. The standard InChI is InChI=1S/C20H22N2O5S/c1-27-20(24)16-6-5-7-17(14-16)21-19(23)15-8-10-18(11-9-15)28(25,26)22-12-3-2-4-13-22/h5-11,14H,2-4,12-13H2,1H3,(H,21,23). The van der Waals surface area contributed by atoms with E-state index in [-0.39, 0.29) is 4.90 Å². The highest BCUT2D eigenvalue weighted by atomic mass is 32.2. The van der Waals surface area contributed by atoms with E-state index in [0.717, 1.165) is 19.3 Å². The molecule has 0 bridgehead atoms. The molecule has 2 aromatic carbocycles. The minimum absolute atomic E-state index is 0.179. The summed E-state index contributed by atoms with van der Waals surface area (Å²) in [5.41, 5.74) is 1.09. The normalized spacial score (nSPS) is 15.0. The number of carbonyl (C=O) groups is 2. The van der Waals surface area contributed by atoms with Crippen molar-refractivity contribution >= 4 is 27.6 Å². The molecule has 1 saturated heterocycles. The molecule has 0 aliphatic carbocycles. The molecule has 0 spiro atoms. The van der Waals surface area contributed by atoms with Gasteiger partial charge in [-0.1, -0.05) is 12.5 Å². The predicted octanol–water partition coefficient (Wildman–Crippen LogP) is 2.90. The van der Waals surface area contributed by atoms with E-state index in [1.54, 1.807) is 18.2 Å². The largest absolute Gasteiger partial charge is 0.465 e. The third-order valence-corrected chi connectivity index (χ3v) is 6.52. The van der Waals surface area contributed by atoms with E-state index in [9.17, 15) is 18.0 Å². The molecule has 8 heteroatoms. The van der Waals surface area contributed by atoms with Gasteiger partial charge in [0.15, 0.2) is 0 Å². The van der Waals surface area contributed by atoms with Crippen LogP contribution in [0.5, 0.6) is 0 Å². The first-order valence-electron chi connectivity index (χ1n) is 9.02. The SMILES string of the molecule is COC(=O)c1cccc(NC(=O)c2ccc(S(=O)(=O)N3CCCCC3)cc2)c1. The second-order valence-corrected chi connectivity index (χ2v) is 8.45. The smallest absolute Gasteiger partial charge is 0.337 e. The predicted molar refractivity (Wildman–Crippen MR) is 105 cm³/mol. The third kappa shape index (κ3) is 4.40. The van der Waals surface area contributed by atoms with Crippen LogP contribution in [0.3, 0.4) is 0 Å². The van der Waals surface area contributed by atoms with E-state index in [0.29, 0.717) is 29.9 Å². The van der Waals surface area contributed by atoms with E-state index in [1.807, 2.05) is 0 Å². The quantitative estimate of drug-likeness (QED) is 0.777. The monoisotopic (exact) mass is 402 g/mol. The number of sulfonamides is 1. The first-order valence-corrected chi connectivity index (χ1v) is 10.5. The molecule has 3 rings (SSSR count). The Bertz CT molecular complexity index is 964. The van der Waals surface area contributed by atoms with Crippen LogP contribution in [-0.4, -0.2) is 44.8 Å². The minimum atomic E-state index is -3.53. The fourth-order valence-electron chi connectivity index (χ4n) is 3.08. The molecule has 1 aliphatic rings. The Balaban J connectivity index is 1.73. The van der Waals surface area contributed by atoms with Crippen molar-refractivity contribution in [3.63, 3.8) is 0 Å². The minimum Gasteiger partial charge on any atom is -0.465 e. The number of hydrogen-bond donors (Lipinski definition) is 1. The van der Waals surface area contributed by atoms with Gasteiger partial charge < -0.3 is 10.1 Å². The van der Waals surface area contributed by atoms with Gasteiger partial charge in [-0.15, -0.1) is 0 Å². The summed E-state index contributed by atoms with van der Waals surface area (Å²) >= 11 is 0. The lowest BCUT2D eigenvalue weighted by molar-refractivity contribution is 0.0600. The molecule has 1 fully saturated rings. The lowest BCUT2D eigenvalue weighted by atomic mass is 10.1. The summed E-state index contributed by atoms with van der Waals surface area (Å²) in [7, 11) is -2.25. The molecule has 28 heavy (non-hydrogen) atoms. The maximum atomic E-state index is 12.7. The van der Waals surface area contributed by atoms with Gasteiger partial charge in [0.05, 0.1) is 17.6 Å². The fourth-order valence-corrected chi connectivity index (χ4v) is 4.59. The summed E-state index contributed by atoms with van der Waals surface area (Å²) in [6.45, 7) is 1.06. The number of esters is 1. The van der Waals surface area contributed by atoms with E-state index < -0.39 is 21.9 Å². The highest BCUT2D eigenvalue weighted by Gasteiger charge is 2.25. The molecule has 2 aromatic rings. The van der Waals surface area contributed by atoms with Crippen molar-refractivity contribution in [2.24, 2.45) is 0 Å². The number of methoxy groups -OCH3 is 1. The zero-order valence-corrected chi connectivity index (χ0v) is 16.4. The van der Waals surface area contributed by atoms with Crippen molar-refractivity contribution in [1.29, 1.82) is 0 Å². The first kappa shape index (κ1) is 20.0. The van der Waals surface area contributed by atoms with Crippen molar-refractivity contribution < 1.29 is 22.7 Å². The highest BCUT2D eigenvalue weighted by Crippen LogP contribution is 2.21. The Hall–Kier alpha value is -2.71. The first-order chi connectivity index (χ1) is 13.4. The molecular formula is C20H22N2O5S.